The van der Waals surface area contributed by atoms with Crippen LogP contribution < -0.4 is 11.1 Å². The van der Waals surface area contributed by atoms with Crippen LogP contribution in [0.25, 0.3) is 0 Å². The number of aromatic nitrogens is 1. The van der Waals surface area contributed by atoms with Gasteiger partial charge < -0.3 is 11.1 Å². The Bertz CT molecular complexity index is 547. The minimum atomic E-state index is 0.133. The van der Waals surface area contributed by atoms with E-state index in [-0.39, 0.29) is 11.8 Å². The van der Waals surface area contributed by atoms with Crippen molar-refractivity contribution >= 4 is 22.4 Å². The first-order chi connectivity index (χ1) is 11.2. The van der Waals surface area contributed by atoms with Crippen molar-refractivity contribution in [1.29, 1.82) is 0 Å². The first-order valence-corrected chi connectivity index (χ1v) is 10.1. The van der Waals surface area contributed by atoms with Crippen molar-refractivity contribution in [2.75, 3.05) is 5.32 Å². The van der Waals surface area contributed by atoms with E-state index in [0.29, 0.717) is 17.9 Å². The van der Waals surface area contributed by atoms with Gasteiger partial charge in [0.1, 0.15) is 0 Å². The fourth-order valence-corrected chi connectivity index (χ4v) is 5.85. The van der Waals surface area contributed by atoms with Crippen molar-refractivity contribution in [3.05, 3.63) is 10.6 Å². The number of carbonyl (C=O) groups excluding carboxylic acids is 1. The molecular weight excluding hydrogens is 306 g/mol. The molecule has 2 bridgehead atoms. The van der Waals surface area contributed by atoms with E-state index in [2.05, 4.69) is 5.32 Å². The number of nitrogens with zero attached hydrogens (tertiary/aromatic N) is 1. The molecule has 4 nitrogen and oxygen atoms in total. The van der Waals surface area contributed by atoms with Crippen LogP contribution in [-0.2, 0) is 17.6 Å². The lowest BCUT2D eigenvalue weighted by Gasteiger charge is -2.43. The Balaban J connectivity index is 1.42. The molecule has 1 amide bonds. The summed E-state index contributed by atoms with van der Waals surface area (Å²) in [4.78, 5) is 18.8. The van der Waals surface area contributed by atoms with E-state index in [0.717, 1.165) is 30.8 Å². The molecule has 3 N–H and O–H groups in total. The summed E-state index contributed by atoms with van der Waals surface area (Å²) in [5.74, 6) is 1.41. The molecule has 2 saturated carbocycles. The van der Waals surface area contributed by atoms with Gasteiger partial charge in [-0.2, -0.15) is 0 Å². The van der Waals surface area contributed by atoms with Crippen molar-refractivity contribution < 1.29 is 4.79 Å². The molecule has 2 fully saturated rings. The van der Waals surface area contributed by atoms with Gasteiger partial charge in [-0.1, -0.05) is 12.8 Å². The number of hydrogen-bond acceptors (Lipinski definition) is 4. The molecular formula is C18H27N3OS. The number of aryl methyl sites for hydroxylation is 2. The molecule has 2 atom stereocenters. The Hall–Kier alpha value is -0.940. The fourth-order valence-electron chi connectivity index (χ4n) is 4.79. The summed E-state index contributed by atoms with van der Waals surface area (Å²) < 4.78 is 0. The smallest absolute Gasteiger partial charge is 0.229 e. The maximum absolute atomic E-state index is 12.7. The van der Waals surface area contributed by atoms with Crippen molar-refractivity contribution in [2.45, 2.75) is 70.3 Å². The highest BCUT2D eigenvalue weighted by molar-refractivity contribution is 7.15. The minimum Gasteiger partial charge on any atom is -0.327 e. The van der Waals surface area contributed by atoms with Crippen LogP contribution in [0.2, 0.25) is 0 Å². The molecule has 3 aliphatic rings. The second-order valence-corrected chi connectivity index (χ2v) is 8.72. The quantitative estimate of drug-likeness (QED) is 0.814. The maximum Gasteiger partial charge on any atom is 0.229 e. The third-order valence-electron chi connectivity index (χ3n) is 6.11. The number of rotatable bonds is 2. The van der Waals surface area contributed by atoms with E-state index in [1.165, 1.54) is 49.1 Å². The third kappa shape index (κ3) is 3.18. The zero-order chi connectivity index (χ0) is 15.8. The molecule has 3 aliphatic carbocycles. The van der Waals surface area contributed by atoms with Gasteiger partial charge >= 0.3 is 0 Å². The number of hydrogen-bond donors (Lipinski definition) is 2. The van der Waals surface area contributed by atoms with Gasteiger partial charge in [-0.25, -0.2) is 4.98 Å². The molecule has 1 aromatic rings. The van der Waals surface area contributed by atoms with E-state index in [1.54, 1.807) is 11.3 Å². The Labute approximate surface area is 142 Å². The second-order valence-electron chi connectivity index (χ2n) is 7.64. The second kappa shape index (κ2) is 6.52. The molecule has 23 heavy (non-hydrogen) atoms. The summed E-state index contributed by atoms with van der Waals surface area (Å²) in [6.07, 6.45) is 11.6. The lowest BCUT2D eigenvalue weighted by atomic mass is 9.65. The van der Waals surface area contributed by atoms with Gasteiger partial charge in [-0.15, -0.1) is 11.3 Å². The lowest BCUT2D eigenvalue weighted by Crippen LogP contribution is -2.48. The van der Waals surface area contributed by atoms with E-state index in [9.17, 15) is 4.79 Å². The topological polar surface area (TPSA) is 68.0 Å². The predicted octanol–water partition coefficient (Wildman–Crippen LogP) is 3.50. The summed E-state index contributed by atoms with van der Waals surface area (Å²) in [5.41, 5.74) is 7.57. The van der Waals surface area contributed by atoms with Gasteiger partial charge in [0.25, 0.3) is 0 Å². The predicted molar refractivity (Wildman–Crippen MR) is 93.5 cm³/mol. The SMILES string of the molecule is NC1C2CCCC1CC(C(=O)Nc1nc3c(s1)CCCCC3)C2. The number of amides is 1. The summed E-state index contributed by atoms with van der Waals surface area (Å²) in [7, 11) is 0. The fraction of sp³-hybridized carbons (Fsp3) is 0.778. The van der Waals surface area contributed by atoms with Gasteiger partial charge in [0, 0.05) is 16.8 Å². The standard InChI is InChI=1S/C18H27N3OS/c19-16-11-5-4-6-12(16)10-13(9-11)17(22)21-18-20-14-7-2-1-3-8-15(14)23-18/h11-13,16H,1-10,19H2,(H,20,21,22). The van der Waals surface area contributed by atoms with Gasteiger partial charge in [0.15, 0.2) is 5.13 Å². The van der Waals surface area contributed by atoms with Crippen LogP contribution in [-0.4, -0.2) is 16.9 Å². The molecule has 1 aromatic heterocycles. The first-order valence-electron chi connectivity index (χ1n) is 9.25. The summed E-state index contributed by atoms with van der Waals surface area (Å²) in [5, 5.41) is 3.94. The van der Waals surface area contributed by atoms with E-state index >= 15 is 0 Å². The Morgan fingerprint density at radius 1 is 1.09 bits per heavy atom. The van der Waals surface area contributed by atoms with Crippen molar-refractivity contribution in [2.24, 2.45) is 23.5 Å². The van der Waals surface area contributed by atoms with Crippen LogP contribution in [0.4, 0.5) is 5.13 Å². The molecule has 2 unspecified atom stereocenters. The van der Waals surface area contributed by atoms with Crippen LogP contribution in [0.15, 0.2) is 0 Å². The summed E-state index contributed by atoms with van der Waals surface area (Å²) >= 11 is 1.70. The van der Waals surface area contributed by atoms with Crippen LogP contribution in [0.1, 0.15) is 61.9 Å². The van der Waals surface area contributed by atoms with E-state index in [4.69, 9.17) is 10.7 Å². The third-order valence-corrected chi connectivity index (χ3v) is 7.18. The molecule has 0 radical (unpaired) electrons. The van der Waals surface area contributed by atoms with Gasteiger partial charge in [0.05, 0.1) is 5.69 Å². The van der Waals surface area contributed by atoms with Crippen LogP contribution >= 0.6 is 11.3 Å². The number of fused-ring (bicyclic) bond motifs is 3. The summed E-state index contributed by atoms with van der Waals surface area (Å²) in [6, 6.07) is 0.323. The molecule has 1 heterocycles. The number of thiazole rings is 1. The first kappa shape index (κ1) is 15.6. The molecule has 0 aliphatic heterocycles. The van der Waals surface area contributed by atoms with E-state index < -0.39 is 0 Å². The molecule has 5 heteroatoms. The number of nitrogens with one attached hydrogen (secondary N) is 1. The normalized spacial score (nSPS) is 33.6. The van der Waals surface area contributed by atoms with Crippen molar-refractivity contribution in [3.8, 4) is 0 Å². The number of nitrogens with two attached hydrogens (primary N) is 1. The number of anilines is 1. The highest BCUT2D eigenvalue weighted by atomic mass is 32.1. The zero-order valence-corrected chi connectivity index (χ0v) is 14.5. The van der Waals surface area contributed by atoms with Crippen molar-refractivity contribution in [1.82, 2.24) is 4.98 Å². The number of carbonyl (C=O) groups is 1. The van der Waals surface area contributed by atoms with Crippen LogP contribution in [0, 0.1) is 17.8 Å². The molecule has 126 valence electrons. The molecule has 0 saturated heterocycles. The van der Waals surface area contributed by atoms with Gasteiger partial charge in [0.2, 0.25) is 5.91 Å². The summed E-state index contributed by atoms with van der Waals surface area (Å²) in [6.45, 7) is 0. The Morgan fingerprint density at radius 3 is 2.61 bits per heavy atom. The minimum absolute atomic E-state index is 0.133. The highest BCUT2D eigenvalue weighted by Gasteiger charge is 2.40. The Kier molecular flexibility index (Phi) is 4.41. The van der Waals surface area contributed by atoms with Gasteiger partial charge in [-0.05, 0) is 63.2 Å². The zero-order valence-electron chi connectivity index (χ0n) is 13.7. The van der Waals surface area contributed by atoms with Gasteiger partial charge in [-0.3, -0.25) is 4.79 Å². The van der Waals surface area contributed by atoms with Crippen molar-refractivity contribution in [3.63, 3.8) is 0 Å². The van der Waals surface area contributed by atoms with E-state index in [1.807, 2.05) is 0 Å². The lowest BCUT2D eigenvalue weighted by molar-refractivity contribution is -0.122. The largest absolute Gasteiger partial charge is 0.327 e. The molecule has 4 rings (SSSR count). The van der Waals surface area contributed by atoms with Crippen LogP contribution in [0.5, 0.6) is 0 Å². The average Bonchev–Trinajstić information content (AvgIpc) is 2.75. The maximum atomic E-state index is 12.7. The van der Waals surface area contributed by atoms with Crippen LogP contribution in [0.3, 0.4) is 0 Å². The monoisotopic (exact) mass is 333 g/mol. The average molecular weight is 334 g/mol. The Morgan fingerprint density at radius 2 is 1.83 bits per heavy atom. The molecule has 0 aromatic carbocycles. The molecule has 0 spiro atoms. The highest BCUT2D eigenvalue weighted by Crippen LogP contribution is 2.42.